The third-order valence-corrected chi connectivity index (χ3v) is 5.98. The van der Waals surface area contributed by atoms with Gasteiger partial charge < -0.3 is 26.4 Å². The van der Waals surface area contributed by atoms with Gasteiger partial charge in [0.2, 0.25) is 5.91 Å². The number of esters is 1. The van der Waals surface area contributed by atoms with Crippen molar-refractivity contribution < 1.29 is 14.3 Å². The lowest BCUT2D eigenvalue weighted by atomic mass is 9.95. The molecule has 0 radical (unpaired) electrons. The van der Waals surface area contributed by atoms with E-state index in [9.17, 15) is 9.59 Å². The topological polar surface area (TPSA) is 105 Å². The van der Waals surface area contributed by atoms with Gasteiger partial charge in [0, 0.05) is 37.3 Å². The molecule has 0 saturated carbocycles. The maximum absolute atomic E-state index is 12.8. The van der Waals surface area contributed by atoms with Crippen LogP contribution in [0.25, 0.3) is 0 Å². The first-order valence-corrected chi connectivity index (χ1v) is 10.8. The molecule has 1 aliphatic heterocycles. The van der Waals surface area contributed by atoms with Crippen molar-refractivity contribution in [2.24, 2.45) is 17.6 Å². The monoisotopic (exact) mass is 402 g/mol. The SMILES string of the molecule is CC[C@@H](C)[C@H](NC[C@@H](NC[C@@H](N)CS)[C@H](C)CC)C(=O)N[C@H]1CCOC1=O. The molecule has 0 unspecified atom stereocenters. The fourth-order valence-corrected chi connectivity index (χ4v) is 3.19. The molecule has 1 heterocycles. The van der Waals surface area contributed by atoms with Crippen molar-refractivity contribution >= 4 is 24.5 Å². The number of hydrogen-bond acceptors (Lipinski definition) is 7. The van der Waals surface area contributed by atoms with Crippen LogP contribution in [0, 0.1) is 11.8 Å². The van der Waals surface area contributed by atoms with E-state index in [2.05, 4.69) is 49.4 Å². The lowest BCUT2D eigenvalue weighted by Gasteiger charge is -2.30. The molecule has 0 aliphatic carbocycles. The van der Waals surface area contributed by atoms with Crippen molar-refractivity contribution in [2.45, 2.75) is 71.1 Å². The summed E-state index contributed by atoms with van der Waals surface area (Å²) in [4.78, 5) is 24.4. The third-order valence-electron chi connectivity index (χ3n) is 5.51. The first kappa shape index (κ1) is 24.2. The highest BCUT2D eigenvalue weighted by atomic mass is 32.1. The zero-order valence-electron chi connectivity index (χ0n) is 17.2. The second-order valence-corrected chi connectivity index (χ2v) is 8.00. The van der Waals surface area contributed by atoms with E-state index >= 15 is 0 Å². The van der Waals surface area contributed by atoms with Gasteiger partial charge in [-0.2, -0.15) is 12.6 Å². The van der Waals surface area contributed by atoms with Crippen molar-refractivity contribution in [3.8, 4) is 0 Å². The van der Waals surface area contributed by atoms with E-state index in [4.69, 9.17) is 10.5 Å². The average molecular weight is 403 g/mol. The van der Waals surface area contributed by atoms with E-state index in [-0.39, 0.29) is 35.9 Å². The average Bonchev–Trinajstić information content (AvgIpc) is 3.07. The summed E-state index contributed by atoms with van der Waals surface area (Å²) < 4.78 is 4.94. The highest BCUT2D eigenvalue weighted by Crippen LogP contribution is 2.13. The van der Waals surface area contributed by atoms with Gasteiger partial charge in [-0.05, 0) is 11.8 Å². The first-order chi connectivity index (χ1) is 12.8. The van der Waals surface area contributed by atoms with Crippen LogP contribution in [0.5, 0.6) is 0 Å². The Morgan fingerprint density at radius 1 is 1.22 bits per heavy atom. The van der Waals surface area contributed by atoms with Gasteiger partial charge in [0.25, 0.3) is 0 Å². The Morgan fingerprint density at radius 3 is 2.41 bits per heavy atom. The van der Waals surface area contributed by atoms with E-state index in [1.54, 1.807) is 0 Å². The Morgan fingerprint density at radius 2 is 1.89 bits per heavy atom. The predicted octanol–water partition coefficient (Wildman–Crippen LogP) is 0.684. The van der Waals surface area contributed by atoms with Crippen molar-refractivity contribution in [1.82, 2.24) is 16.0 Å². The molecule has 0 bridgehead atoms. The summed E-state index contributed by atoms with van der Waals surface area (Å²) in [6, 6.07) is -0.670. The van der Waals surface area contributed by atoms with Gasteiger partial charge in [0.05, 0.1) is 12.6 Å². The minimum atomic E-state index is -0.525. The Bertz CT molecular complexity index is 466. The Hall–Kier alpha value is -0.830. The van der Waals surface area contributed by atoms with Gasteiger partial charge in [0.15, 0.2) is 0 Å². The second-order valence-electron chi connectivity index (χ2n) is 7.63. The molecule has 0 aromatic heterocycles. The largest absolute Gasteiger partial charge is 0.464 e. The summed E-state index contributed by atoms with van der Waals surface area (Å²) in [6.07, 6.45) is 2.44. The van der Waals surface area contributed by atoms with E-state index < -0.39 is 6.04 Å². The molecule has 1 rings (SSSR count). The van der Waals surface area contributed by atoms with Crippen LogP contribution in [0.1, 0.15) is 47.0 Å². The number of carbonyl (C=O) groups is 2. The molecule has 158 valence electrons. The van der Waals surface area contributed by atoms with Crippen molar-refractivity contribution in [1.29, 1.82) is 0 Å². The highest BCUT2D eigenvalue weighted by molar-refractivity contribution is 7.80. The van der Waals surface area contributed by atoms with Gasteiger partial charge in [-0.15, -0.1) is 0 Å². The molecule has 0 spiro atoms. The molecule has 27 heavy (non-hydrogen) atoms. The van der Waals surface area contributed by atoms with Gasteiger partial charge in [-0.3, -0.25) is 4.79 Å². The third kappa shape index (κ3) is 7.97. The molecule has 5 N–H and O–H groups in total. The molecule has 6 atom stereocenters. The Labute approximate surface area is 169 Å². The zero-order chi connectivity index (χ0) is 20.4. The number of amides is 1. The van der Waals surface area contributed by atoms with E-state index in [1.165, 1.54) is 0 Å². The van der Waals surface area contributed by atoms with Gasteiger partial charge in [-0.25, -0.2) is 4.79 Å². The normalized spacial score (nSPS) is 22.6. The van der Waals surface area contributed by atoms with Crippen LogP contribution in [-0.4, -0.2) is 61.5 Å². The molecule has 1 amide bonds. The summed E-state index contributed by atoms with van der Waals surface area (Å²) >= 11 is 4.24. The maximum Gasteiger partial charge on any atom is 0.328 e. The van der Waals surface area contributed by atoms with Crippen LogP contribution in [0.3, 0.4) is 0 Å². The number of nitrogens with one attached hydrogen (secondary N) is 3. The zero-order valence-corrected chi connectivity index (χ0v) is 18.1. The summed E-state index contributed by atoms with van der Waals surface area (Å²) in [6.45, 7) is 10.2. The van der Waals surface area contributed by atoms with Crippen LogP contribution < -0.4 is 21.7 Å². The fraction of sp³-hybridized carbons (Fsp3) is 0.895. The molecular formula is C19H38N4O3S. The molecule has 1 fully saturated rings. The minimum Gasteiger partial charge on any atom is -0.464 e. The van der Waals surface area contributed by atoms with Crippen LogP contribution in [0.2, 0.25) is 0 Å². The van der Waals surface area contributed by atoms with Crippen molar-refractivity contribution in [3.05, 3.63) is 0 Å². The van der Waals surface area contributed by atoms with Gasteiger partial charge in [0.1, 0.15) is 6.04 Å². The quantitative estimate of drug-likeness (QED) is 0.229. The number of carbonyl (C=O) groups excluding carboxylic acids is 2. The summed E-state index contributed by atoms with van der Waals surface area (Å²) in [5.74, 6) is 0.743. The molecule has 0 aromatic carbocycles. The van der Waals surface area contributed by atoms with E-state index in [1.807, 2.05) is 6.92 Å². The molecule has 1 aliphatic rings. The predicted molar refractivity (Wildman–Crippen MR) is 112 cm³/mol. The summed E-state index contributed by atoms with van der Waals surface area (Å²) in [7, 11) is 0. The minimum absolute atomic E-state index is 0.00179. The molecule has 8 heteroatoms. The van der Waals surface area contributed by atoms with Crippen LogP contribution in [-0.2, 0) is 14.3 Å². The molecule has 0 aromatic rings. The van der Waals surface area contributed by atoms with Crippen molar-refractivity contribution in [3.63, 3.8) is 0 Å². The fourth-order valence-electron chi connectivity index (χ4n) is 3.06. The first-order valence-electron chi connectivity index (χ1n) is 10.1. The second kappa shape index (κ2) is 12.6. The smallest absolute Gasteiger partial charge is 0.328 e. The van der Waals surface area contributed by atoms with Gasteiger partial charge in [-0.1, -0.05) is 40.5 Å². The maximum atomic E-state index is 12.8. The van der Waals surface area contributed by atoms with Crippen LogP contribution in [0.4, 0.5) is 0 Å². The number of thiol groups is 1. The number of rotatable bonds is 13. The van der Waals surface area contributed by atoms with Crippen LogP contribution >= 0.6 is 12.6 Å². The number of nitrogens with two attached hydrogens (primary N) is 1. The summed E-state index contributed by atoms with van der Waals surface area (Å²) in [5, 5.41) is 9.78. The van der Waals surface area contributed by atoms with Crippen LogP contribution in [0.15, 0.2) is 0 Å². The van der Waals surface area contributed by atoms with E-state index in [0.717, 1.165) is 12.8 Å². The lowest BCUT2D eigenvalue weighted by Crippen LogP contribution is -2.56. The lowest BCUT2D eigenvalue weighted by molar-refractivity contribution is -0.141. The number of hydrogen-bond donors (Lipinski definition) is 5. The standard InChI is InChI=1S/C19H38N4O3S/c1-5-12(3)16(21-9-14(20)11-27)10-22-17(13(4)6-2)18(24)23-15-7-8-26-19(15)25/h12-17,21-22,27H,5-11,20H2,1-4H3,(H,23,24)/t12-,13-,14-,15+,16-,17+/m1/s1. The Balaban J connectivity index is 2.69. The number of ether oxygens (including phenoxy) is 1. The van der Waals surface area contributed by atoms with Gasteiger partial charge >= 0.3 is 5.97 Å². The molecule has 7 nitrogen and oxygen atoms in total. The molecular weight excluding hydrogens is 364 g/mol. The Kier molecular flexibility index (Phi) is 11.3. The van der Waals surface area contributed by atoms with Crippen molar-refractivity contribution in [2.75, 3.05) is 25.4 Å². The van der Waals surface area contributed by atoms with E-state index in [0.29, 0.717) is 37.8 Å². The number of cyclic esters (lactones) is 1. The molecule has 1 saturated heterocycles. The summed E-state index contributed by atoms with van der Waals surface area (Å²) in [5.41, 5.74) is 5.97. The highest BCUT2D eigenvalue weighted by Gasteiger charge is 2.32.